The summed E-state index contributed by atoms with van der Waals surface area (Å²) in [5.74, 6) is -0.928. The number of benzene rings is 3. The molecule has 0 unspecified atom stereocenters. The summed E-state index contributed by atoms with van der Waals surface area (Å²) in [6, 6.07) is 17.2. The molecule has 0 aliphatic heterocycles. The van der Waals surface area contributed by atoms with Crippen molar-refractivity contribution < 1.29 is 41.4 Å². The van der Waals surface area contributed by atoms with Gasteiger partial charge in [0, 0.05) is 11.1 Å². The van der Waals surface area contributed by atoms with Crippen LogP contribution in [0.15, 0.2) is 83.3 Å². The Labute approximate surface area is 262 Å². The van der Waals surface area contributed by atoms with Crippen molar-refractivity contribution in [2.24, 2.45) is 0 Å². The minimum atomic E-state index is -4.69. The second-order valence-electron chi connectivity index (χ2n) is 9.33. The Morgan fingerprint density at radius 3 is 2.37 bits per heavy atom. The van der Waals surface area contributed by atoms with E-state index in [2.05, 4.69) is 5.32 Å². The van der Waals surface area contributed by atoms with Crippen molar-refractivity contribution >= 4 is 42.5 Å². The van der Waals surface area contributed by atoms with Gasteiger partial charge >= 0.3 is 31.0 Å². The molecule has 1 amide bonds. The van der Waals surface area contributed by atoms with Gasteiger partial charge in [0.25, 0.3) is 5.91 Å². The van der Waals surface area contributed by atoms with Crippen molar-refractivity contribution in [3.05, 3.63) is 107 Å². The third-order valence-electron chi connectivity index (χ3n) is 6.37. The average molecular weight is 610 g/mol. The monoisotopic (exact) mass is 609 g/mol. The second-order valence-corrected chi connectivity index (χ2v) is 10.3. The molecule has 2 N–H and O–H groups in total. The van der Waals surface area contributed by atoms with Gasteiger partial charge < -0.3 is 19.6 Å². The number of aliphatic carboxylic acids is 1. The molecular weight excluding hydrogens is 581 g/mol. The topological polar surface area (TPSA) is 88.8 Å². The standard InChI is InChI=1S/C31H27F4NO5S.Li.H/c1-42-15-14-27(30(38)39)36-29(37)24-12-6-19(16-25(24)23-4-2-3-5-26(23)31(33,34)35)17-40-18-22-11-13-28(41-22)20-7-9-21(32)10-8-20;;/h2-13,16,27H,14-15,17-18H2,1H3,(H,36,37)(H,38,39);;/t27-;;/m0../s1. The summed E-state index contributed by atoms with van der Waals surface area (Å²) in [6.07, 6.45) is -2.75. The van der Waals surface area contributed by atoms with E-state index in [1.54, 1.807) is 36.6 Å². The van der Waals surface area contributed by atoms with E-state index in [0.717, 1.165) is 6.07 Å². The van der Waals surface area contributed by atoms with E-state index in [4.69, 9.17) is 9.15 Å². The van der Waals surface area contributed by atoms with Gasteiger partial charge in [-0.1, -0.05) is 24.3 Å². The molecule has 0 fully saturated rings. The van der Waals surface area contributed by atoms with Gasteiger partial charge in [-0.15, -0.1) is 0 Å². The third kappa shape index (κ3) is 9.00. The summed E-state index contributed by atoms with van der Waals surface area (Å²) < 4.78 is 66.5. The molecule has 0 aliphatic rings. The second kappa shape index (κ2) is 15.3. The first-order valence-corrected chi connectivity index (χ1v) is 14.2. The van der Waals surface area contributed by atoms with E-state index in [1.165, 1.54) is 54.2 Å². The number of amides is 1. The van der Waals surface area contributed by atoms with Gasteiger partial charge in [-0.3, -0.25) is 4.79 Å². The third-order valence-corrected chi connectivity index (χ3v) is 7.01. The molecule has 4 aromatic rings. The normalized spacial score (nSPS) is 11.9. The first-order chi connectivity index (χ1) is 20.1. The van der Waals surface area contributed by atoms with E-state index in [9.17, 15) is 32.3 Å². The summed E-state index contributed by atoms with van der Waals surface area (Å²) >= 11 is 1.41. The van der Waals surface area contributed by atoms with Gasteiger partial charge in [0.05, 0.1) is 12.2 Å². The molecule has 1 heterocycles. The van der Waals surface area contributed by atoms with Crippen LogP contribution in [-0.2, 0) is 28.9 Å². The van der Waals surface area contributed by atoms with Crippen LogP contribution in [-0.4, -0.2) is 53.9 Å². The number of carboxylic acids is 1. The number of hydrogen-bond acceptors (Lipinski definition) is 5. The number of carboxylic acid groups (broad SMARTS) is 1. The van der Waals surface area contributed by atoms with Gasteiger partial charge in [-0.2, -0.15) is 24.9 Å². The van der Waals surface area contributed by atoms with E-state index >= 15 is 0 Å². The molecule has 6 nitrogen and oxygen atoms in total. The van der Waals surface area contributed by atoms with Gasteiger partial charge in [-0.05, 0) is 89.7 Å². The van der Waals surface area contributed by atoms with Crippen LogP contribution in [0.25, 0.3) is 22.5 Å². The van der Waals surface area contributed by atoms with Crippen LogP contribution in [0, 0.1) is 5.82 Å². The van der Waals surface area contributed by atoms with Crippen molar-refractivity contribution in [2.75, 3.05) is 12.0 Å². The van der Waals surface area contributed by atoms with Crippen LogP contribution in [0.5, 0.6) is 0 Å². The van der Waals surface area contributed by atoms with Crippen LogP contribution >= 0.6 is 11.8 Å². The van der Waals surface area contributed by atoms with Gasteiger partial charge in [-0.25, -0.2) is 9.18 Å². The Morgan fingerprint density at radius 2 is 1.70 bits per heavy atom. The summed E-state index contributed by atoms with van der Waals surface area (Å²) in [7, 11) is 0. The number of rotatable bonds is 12. The quantitative estimate of drug-likeness (QED) is 0.136. The molecule has 3 aromatic carbocycles. The van der Waals surface area contributed by atoms with E-state index in [1.807, 2.05) is 0 Å². The van der Waals surface area contributed by atoms with Crippen LogP contribution < -0.4 is 5.32 Å². The number of halogens is 4. The molecule has 43 heavy (non-hydrogen) atoms. The Bertz CT molecular complexity index is 1540. The maximum absolute atomic E-state index is 13.9. The molecule has 0 radical (unpaired) electrons. The van der Waals surface area contributed by atoms with Gasteiger partial charge in [0.2, 0.25) is 0 Å². The van der Waals surface area contributed by atoms with E-state index in [-0.39, 0.29) is 61.0 Å². The number of thioether (sulfide) groups is 1. The molecule has 12 heteroatoms. The molecule has 222 valence electrons. The molecule has 0 spiro atoms. The van der Waals surface area contributed by atoms with Crippen molar-refractivity contribution in [1.82, 2.24) is 5.32 Å². The number of nitrogens with one attached hydrogen (secondary N) is 1. The van der Waals surface area contributed by atoms with Gasteiger partial charge in [0.15, 0.2) is 0 Å². The predicted octanol–water partition coefficient (Wildman–Crippen LogP) is 6.78. The fourth-order valence-electron chi connectivity index (χ4n) is 4.29. The van der Waals surface area contributed by atoms with Crippen LogP contribution in [0.1, 0.15) is 33.7 Å². The Kier molecular flexibility index (Phi) is 12.1. The SMILES string of the molecule is CSCC[C@H](NC(=O)c1ccc(COCc2ccc(-c3ccc(F)cc3)o2)cc1-c1ccccc1C(F)(F)F)C(=O)O.[LiH]. The molecule has 0 bridgehead atoms. The van der Waals surface area contributed by atoms with Crippen LogP contribution in [0.3, 0.4) is 0 Å². The number of hydrogen-bond donors (Lipinski definition) is 2. The van der Waals surface area contributed by atoms with Crippen molar-refractivity contribution in [3.63, 3.8) is 0 Å². The molecular formula is C31H28F4LiNO5S. The van der Waals surface area contributed by atoms with Gasteiger partial charge in [0.1, 0.15) is 30.0 Å². The summed E-state index contributed by atoms with van der Waals surface area (Å²) in [5, 5.41) is 12.0. The number of carbonyl (C=O) groups excluding carboxylic acids is 1. The molecule has 0 saturated carbocycles. The molecule has 1 aromatic heterocycles. The Balaban J connectivity index is 0.00000506. The molecule has 1 atom stereocenters. The van der Waals surface area contributed by atoms with Crippen molar-refractivity contribution in [1.29, 1.82) is 0 Å². The van der Waals surface area contributed by atoms with E-state index in [0.29, 0.717) is 28.4 Å². The van der Waals surface area contributed by atoms with E-state index < -0.39 is 29.7 Å². The minimum absolute atomic E-state index is 0. The number of carbonyl (C=O) groups is 2. The fourth-order valence-corrected chi connectivity index (χ4v) is 4.76. The summed E-state index contributed by atoms with van der Waals surface area (Å²) in [4.78, 5) is 24.9. The Morgan fingerprint density at radius 1 is 0.977 bits per heavy atom. The van der Waals surface area contributed by atoms with Crippen molar-refractivity contribution in [2.45, 2.75) is 31.9 Å². The predicted molar refractivity (Wildman–Crippen MR) is 159 cm³/mol. The first-order valence-electron chi connectivity index (χ1n) is 12.8. The number of alkyl halides is 3. The zero-order chi connectivity index (χ0) is 30.3. The molecule has 4 rings (SSSR count). The van der Waals surface area contributed by atoms with Crippen LogP contribution in [0.4, 0.5) is 17.6 Å². The number of ether oxygens (including phenoxy) is 1. The Hall–Kier alpha value is -3.49. The molecule has 0 saturated heterocycles. The van der Waals surface area contributed by atoms with Crippen molar-refractivity contribution in [3.8, 4) is 22.5 Å². The fraction of sp³-hybridized carbons (Fsp3) is 0.226. The summed E-state index contributed by atoms with van der Waals surface area (Å²) in [6.45, 7) is 0.0365. The summed E-state index contributed by atoms with van der Waals surface area (Å²) in [5.41, 5.74) is -0.0850. The zero-order valence-electron chi connectivity index (χ0n) is 22.4. The van der Waals surface area contributed by atoms with Crippen LogP contribution in [0.2, 0.25) is 0 Å². The first kappa shape index (κ1) is 34.0. The number of furan rings is 1. The average Bonchev–Trinajstić information content (AvgIpc) is 3.43. The maximum atomic E-state index is 13.9. The zero-order valence-corrected chi connectivity index (χ0v) is 23.2. The molecule has 0 aliphatic carbocycles.